The van der Waals surface area contributed by atoms with E-state index in [4.69, 9.17) is 5.11 Å². The van der Waals surface area contributed by atoms with Crippen LogP contribution < -0.4 is 5.32 Å². The van der Waals surface area contributed by atoms with Crippen molar-refractivity contribution in [2.75, 3.05) is 6.61 Å². The molecule has 0 aliphatic heterocycles. The summed E-state index contributed by atoms with van der Waals surface area (Å²) in [4.78, 5) is 10.2. The van der Waals surface area contributed by atoms with Crippen LogP contribution in [-0.4, -0.2) is 28.3 Å². The molecular weight excluding hydrogens is 182 g/mol. The van der Waals surface area contributed by atoms with Gasteiger partial charge in [0, 0.05) is 12.3 Å². The van der Waals surface area contributed by atoms with Gasteiger partial charge in [-0.25, -0.2) is 4.79 Å². The summed E-state index contributed by atoms with van der Waals surface area (Å²) in [7, 11) is 0. The van der Waals surface area contributed by atoms with E-state index in [1.807, 2.05) is 0 Å². The summed E-state index contributed by atoms with van der Waals surface area (Å²) in [6, 6.07) is 0. The average Bonchev–Trinajstić information content (AvgIpc) is 2.19. The zero-order valence-corrected chi connectivity index (χ0v) is 8.20. The first-order valence-electron chi connectivity index (χ1n) is 4.97. The Bertz CT molecular complexity index is 219. The number of rotatable bonds is 4. The predicted octanol–water partition coefficient (Wildman–Crippen LogP) is 0.869. The van der Waals surface area contributed by atoms with E-state index in [2.05, 4.69) is 5.32 Å². The van der Waals surface area contributed by atoms with Crippen molar-refractivity contribution < 1.29 is 15.0 Å². The zero-order valence-electron chi connectivity index (χ0n) is 8.20. The third-order valence-electron chi connectivity index (χ3n) is 2.73. The van der Waals surface area contributed by atoms with Crippen LogP contribution in [0.1, 0.15) is 32.1 Å². The van der Waals surface area contributed by atoms with Crippen LogP contribution in [0.3, 0.4) is 0 Å². The van der Waals surface area contributed by atoms with Crippen LogP contribution in [0, 0.1) is 0 Å². The van der Waals surface area contributed by atoms with Crippen LogP contribution in [-0.2, 0) is 4.79 Å². The molecule has 0 spiro atoms. The van der Waals surface area contributed by atoms with Crippen LogP contribution in [0.2, 0.25) is 0 Å². The fourth-order valence-corrected chi connectivity index (χ4v) is 1.87. The number of carboxylic acids is 1. The molecule has 1 fully saturated rings. The largest absolute Gasteiger partial charge is 0.478 e. The lowest BCUT2D eigenvalue weighted by atomic mass is 9.82. The number of aliphatic hydroxyl groups is 1. The maximum Gasteiger partial charge on any atom is 0.329 e. The Morgan fingerprint density at radius 2 is 2.00 bits per heavy atom. The molecule has 1 saturated carbocycles. The SMILES string of the molecule is O=C(O)/C=C/NC1(CO)CCCCC1. The van der Waals surface area contributed by atoms with E-state index in [0.717, 1.165) is 31.8 Å². The van der Waals surface area contributed by atoms with E-state index in [0.29, 0.717) is 0 Å². The van der Waals surface area contributed by atoms with E-state index in [1.165, 1.54) is 12.6 Å². The summed E-state index contributed by atoms with van der Waals surface area (Å²) in [5.74, 6) is -0.971. The van der Waals surface area contributed by atoms with E-state index in [-0.39, 0.29) is 12.1 Å². The number of aliphatic hydroxyl groups excluding tert-OH is 1. The fraction of sp³-hybridized carbons (Fsp3) is 0.700. The normalized spacial score (nSPS) is 20.9. The van der Waals surface area contributed by atoms with Gasteiger partial charge in [0.1, 0.15) is 0 Å². The Morgan fingerprint density at radius 1 is 1.36 bits per heavy atom. The third kappa shape index (κ3) is 3.03. The van der Waals surface area contributed by atoms with Crippen molar-refractivity contribution in [1.29, 1.82) is 0 Å². The standard InChI is InChI=1S/C10H17NO3/c12-8-10(5-2-1-3-6-10)11-7-4-9(13)14/h4,7,11-12H,1-3,5-6,8H2,(H,13,14)/b7-4+. The minimum atomic E-state index is -0.971. The van der Waals surface area contributed by atoms with E-state index in [1.54, 1.807) is 0 Å². The van der Waals surface area contributed by atoms with Crippen LogP contribution in [0.25, 0.3) is 0 Å². The lowest BCUT2D eigenvalue weighted by molar-refractivity contribution is -0.131. The van der Waals surface area contributed by atoms with Gasteiger partial charge < -0.3 is 15.5 Å². The van der Waals surface area contributed by atoms with E-state index < -0.39 is 5.97 Å². The van der Waals surface area contributed by atoms with Gasteiger partial charge in [0.25, 0.3) is 0 Å². The monoisotopic (exact) mass is 199 g/mol. The predicted molar refractivity (Wildman–Crippen MR) is 52.8 cm³/mol. The molecule has 0 amide bonds. The van der Waals surface area contributed by atoms with Gasteiger partial charge in [0.05, 0.1) is 12.1 Å². The van der Waals surface area contributed by atoms with Crippen molar-refractivity contribution in [2.45, 2.75) is 37.6 Å². The van der Waals surface area contributed by atoms with Gasteiger partial charge in [0.15, 0.2) is 0 Å². The molecule has 0 aromatic heterocycles. The van der Waals surface area contributed by atoms with Crippen molar-refractivity contribution in [2.24, 2.45) is 0 Å². The van der Waals surface area contributed by atoms with Crippen molar-refractivity contribution in [3.63, 3.8) is 0 Å². The minimum absolute atomic E-state index is 0.0664. The number of carboxylic acid groups (broad SMARTS) is 1. The Kier molecular flexibility index (Phi) is 3.95. The molecule has 0 aromatic carbocycles. The third-order valence-corrected chi connectivity index (χ3v) is 2.73. The highest BCUT2D eigenvalue weighted by Crippen LogP contribution is 2.27. The molecule has 4 heteroatoms. The first-order chi connectivity index (χ1) is 6.68. The first kappa shape index (κ1) is 11.0. The van der Waals surface area contributed by atoms with Gasteiger partial charge in [-0.05, 0) is 12.8 Å². The highest BCUT2D eigenvalue weighted by Gasteiger charge is 2.29. The number of aliphatic carboxylic acids is 1. The Hall–Kier alpha value is -1.03. The van der Waals surface area contributed by atoms with Crippen LogP contribution in [0.4, 0.5) is 0 Å². The lowest BCUT2D eigenvalue weighted by Crippen LogP contribution is -2.47. The number of carbonyl (C=O) groups is 1. The Labute approximate surface area is 83.6 Å². The summed E-state index contributed by atoms with van der Waals surface area (Å²) < 4.78 is 0. The summed E-state index contributed by atoms with van der Waals surface area (Å²) in [5, 5.41) is 20.7. The van der Waals surface area contributed by atoms with Gasteiger partial charge in [-0.2, -0.15) is 0 Å². The molecule has 0 radical (unpaired) electrons. The Morgan fingerprint density at radius 3 is 2.50 bits per heavy atom. The number of hydrogen-bond acceptors (Lipinski definition) is 3. The van der Waals surface area contributed by atoms with Crippen LogP contribution in [0.15, 0.2) is 12.3 Å². The van der Waals surface area contributed by atoms with Crippen LogP contribution >= 0.6 is 0 Å². The topological polar surface area (TPSA) is 69.6 Å². The molecular formula is C10H17NO3. The molecule has 14 heavy (non-hydrogen) atoms. The van der Waals surface area contributed by atoms with Crippen molar-refractivity contribution in [3.05, 3.63) is 12.3 Å². The van der Waals surface area contributed by atoms with Crippen molar-refractivity contribution >= 4 is 5.97 Å². The molecule has 1 aliphatic rings. The average molecular weight is 199 g/mol. The minimum Gasteiger partial charge on any atom is -0.478 e. The van der Waals surface area contributed by atoms with Gasteiger partial charge in [-0.3, -0.25) is 0 Å². The molecule has 0 aromatic rings. The fourth-order valence-electron chi connectivity index (χ4n) is 1.87. The molecule has 0 heterocycles. The van der Waals surface area contributed by atoms with Gasteiger partial charge in [-0.15, -0.1) is 0 Å². The van der Waals surface area contributed by atoms with Gasteiger partial charge in [-0.1, -0.05) is 19.3 Å². The van der Waals surface area contributed by atoms with E-state index in [9.17, 15) is 9.90 Å². The summed E-state index contributed by atoms with van der Waals surface area (Å²) in [6.45, 7) is 0.0664. The molecule has 0 unspecified atom stereocenters. The maximum atomic E-state index is 10.2. The molecule has 1 aliphatic carbocycles. The second kappa shape index (κ2) is 5.00. The quantitative estimate of drug-likeness (QED) is 0.588. The highest BCUT2D eigenvalue weighted by atomic mass is 16.4. The molecule has 0 bridgehead atoms. The van der Waals surface area contributed by atoms with Gasteiger partial charge >= 0.3 is 5.97 Å². The molecule has 0 atom stereocenters. The first-order valence-corrected chi connectivity index (χ1v) is 4.97. The second-order valence-electron chi connectivity index (χ2n) is 3.82. The van der Waals surface area contributed by atoms with Crippen molar-refractivity contribution in [3.8, 4) is 0 Å². The van der Waals surface area contributed by atoms with Crippen LogP contribution in [0.5, 0.6) is 0 Å². The maximum absolute atomic E-state index is 10.2. The molecule has 0 saturated heterocycles. The van der Waals surface area contributed by atoms with Gasteiger partial charge in [0.2, 0.25) is 0 Å². The summed E-state index contributed by atoms with van der Waals surface area (Å²) in [5.41, 5.74) is -0.287. The Balaban J connectivity index is 2.47. The highest BCUT2D eigenvalue weighted by molar-refractivity contribution is 5.79. The lowest BCUT2D eigenvalue weighted by Gasteiger charge is -2.36. The molecule has 80 valence electrons. The van der Waals surface area contributed by atoms with E-state index >= 15 is 0 Å². The zero-order chi connectivity index (χ0) is 10.4. The second-order valence-corrected chi connectivity index (χ2v) is 3.82. The molecule has 4 nitrogen and oxygen atoms in total. The number of nitrogens with one attached hydrogen (secondary N) is 1. The molecule has 3 N–H and O–H groups in total. The smallest absolute Gasteiger partial charge is 0.329 e. The molecule has 1 rings (SSSR count). The van der Waals surface area contributed by atoms with Crippen molar-refractivity contribution in [1.82, 2.24) is 5.32 Å². The summed E-state index contributed by atoms with van der Waals surface area (Å²) >= 11 is 0. The summed E-state index contributed by atoms with van der Waals surface area (Å²) in [6.07, 6.45) is 7.69. The number of hydrogen-bond donors (Lipinski definition) is 3.